The number of amides is 1. The first-order chi connectivity index (χ1) is 13.0. The van der Waals surface area contributed by atoms with Gasteiger partial charge in [0.05, 0.1) is 5.25 Å². The summed E-state index contributed by atoms with van der Waals surface area (Å²) in [6.45, 7) is 7.83. The molecule has 0 radical (unpaired) electrons. The normalized spacial score (nSPS) is 16.5. The van der Waals surface area contributed by atoms with Gasteiger partial charge in [-0.25, -0.2) is 0 Å². The highest BCUT2D eigenvalue weighted by atomic mass is 32.2. The molecular formula is C20H28N4OS2. The number of hydrogen-bond donors (Lipinski definition) is 1. The lowest BCUT2D eigenvalue weighted by Crippen LogP contribution is -2.42. The van der Waals surface area contributed by atoms with E-state index >= 15 is 0 Å². The zero-order valence-electron chi connectivity index (χ0n) is 16.2. The highest BCUT2D eigenvalue weighted by Crippen LogP contribution is 2.31. The number of nitrogens with one attached hydrogen (secondary N) is 1. The molecule has 1 saturated heterocycles. The molecule has 2 aromatic rings. The standard InChI is InChI=1S/C20H28N4OS2/c1-14(2)21-19-22-23-20(27-19)26-15(3)18(25)24-11-9-17(10-12-24)13-16-7-5-4-6-8-16/h4-8,14-15,17H,9-13H2,1-3H3,(H,21,22). The second-order valence-electron chi connectivity index (χ2n) is 7.39. The Balaban J connectivity index is 1.46. The van der Waals surface area contributed by atoms with E-state index in [9.17, 15) is 4.79 Å². The third-order valence-corrected chi connectivity index (χ3v) is 6.76. The van der Waals surface area contributed by atoms with E-state index in [1.165, 1.54) is 28.7 Å². The first-order valence-electron chi connectivity index (χ1n) is 9.60. The van der Waals surface area contributed by atoms with Crippen molar-refractivity contribution in [1.29, 1.82) is 0 Å². The fourth-order valence-corrected chi connectivity index (χ4v) is 5.45. The monoisotopic (exact) mass is 404 g/mol. The van der Waals surface area contributed by atoms with Gasteiger partial charge in [0, 0.05) is 19.1 Å². The predicted octanol–water partition coefficient (Wildman–Crippen LogP) is 4.32. The van der Waals surface area contributed by atoms with E-state index in [-0.39, 0.29) is 11.2 Å². The SMILES string of the molecule is CC(C)Nc1nnc(SC(C)C(=O)N2CCC(Cc3ccccc3)CC2)s1. The topological polar surface area (TPSA) is 58.1 Å². The van der Waals surface area contributed by atoms with Crippen molar-refractivity contribution in [2.45, 2.75) is 55.7 Å². The molecule has 0 saturated carbocycles. The number of carbonyl (C=O) groups is 1. The maximum atomic E-state index is 12.8. The average Bonchev–Trinajstić information content (AvgIpc) is 3.08. The molecule has 1 unspecified atom stereocenters. The quantitative estimate of drug-likeness (QED) is 0.697. The number of benzene rings is 1. The van der Waals surface area contributed by atoms with Gasteiger partial charge in [-0.2, -0.15) is 0 Å². The lowest BCUT2D eigenvalue weighted by atomic mass is 9.90. The molecule has 3 rings (SSSR count). The van der Waals surface area contributed by atoms with E-state index in [4.69, 9.17) is 0 Å². The summed E-state index contributed by atoms with van der Waals surface area (Å²) in [5.74, 6) is 0.888. The van der Waals surface area contributed by atoms with Crippen molar-refractivity contribution < 1.29 is 4.79 Å². The fraction of sp³-hybridized carbons (Fsp3) is 0.550. The van der Waals surface area contributed by atoms with Crippen molar-refractivity contribution in [2.75, 3.05) is 18.4 Å². The summed E-state index contributed by atoms with van der Waals surface area (Å²) in [5.41, 5.74) is 1.40. The van der Waals surface area contributed by atoms with Crippen molar-refractivity contribution in [3.8, 4) is 0 Å². The van der Waals surface area contributed by atoms with Crippen LogP contribution in [0.15, 0.2) is 34.7 Å². The Labute approximate surface area is 170 Å². The number of anilines is 1. The molecule has 1 atom stereocenters. The molecule has 27 heavy (non-hydrogen) atoms. The maximum absolute atomic E-state index is 12.8. The molecule has 7 heteroatoms. The molecule has 1 aromatic heterocycles. The van der Waals surface area contributed by atoms with Gasteiger partial charge in [-0.1, -0.05) is 53.4 Å². The van der Waals surface area contributed by atoms with Crippen molar-refractivity contribution in [3.05, 3.63) is 35.9 Å². The molecule has 1 aliphatic heterocycles. The van der Waals surface area contributed by atoms with Crippen LogP contribution in [0.5, 0.6) is 0 Å². The average molecular weight is 405 g/mol. The molecular weight excluding hydrogens is 376 g/mol. The predicted molar refractivity (Wildman–Crippen MR) is 113 cm³/mol. The van der Waals surface area contributed by atoms with Gasteiger partial charge >= 0.3 is 0 Å². The van der Waals surface area contributed by atoms with Crippen molar-refractivity contribution in [1.82, 2.24) is 15.1 Å². The van der Waals surface area contributed by atoms with E-state index in [1.54, 1.807) is 0 Å². The van der Waals surface area contributed by atoms with E-state index in [2.05, 4.69) is 59.7 Å². The molecule has 146 valence electrons. The number of hydrogen-bond acceptors (Lipinski definition) is 6. The Morgan fingerprint density at radius 2 is 1.93 bits per heavy atom. The lowest BCUT2D eigenvalue weighted by Gasteiger charge is -2.33. The first-order valence-corrected chi connectivity index (χ1v) is 11.3. The van der Waals surface area contributed by atoms with Gasteiger partial charge in [0.1, 0.15) is 0 Å². The van der Waals surface area contributed by atoms with E-state index in [0.29, 0.717) is 12.0 Å². The number of piperidine rings is 1. The fourth-order valence-electron chi connectivity index (χ4n) is 3.33. The van der Waals surface area contributed by atoms with Crippen LogP contribution in [0.1, 0.15) is 39.2 Å². The van der Waals surface area contributed by atoms with Crippen molar-refractivity contribution >= 4 is 34.1 Å². The molecule has 0 spiro atoms. The zero-order chi connectivity index (χ0) is 19.2. The molecule has 2 heterocycles. The number of rotatable bonds is 7. The minimum absolute atomic E-state index is 0.129. The van der Waals surface area contributed by atoms with Crippen LogP contribution in [-0.4, -0.2) is 45.4 Å². The number of aromatic nitrogens is 2. The Hall–Kier alpha value is -1.60. The number of thioether (sulfide) groups is 1. The summed E-state index contributed by atoms with van der Waals surface area (Å²) in [7, 11) is 0. The lowest BCUT2D eigenvalue weighted by molar-refractivity contribution is -0.131. The minimum atomic E-state index is -0.129. The van der Waals surface area contributed by atoms with Crippen LogP contribution in [0.3, 0.4) is 0 Å². The summed E-state index contributed by atoms with van der Waals surface area (Å²) in [6, 6.07) is 11.0. The van der Waals surface area contributed by atoms with Gasteiger partial charge in [-0.05, 0) is 51.5 Å². The van der Waals surface area contributed by atoms with Crippen LogP contribution in [-0.2, 0) is 11.2 Å². The van der Waals surface area contributed by atoms with Crippen LogP contribution in [0.4, 0.5) is 5.13 Å². The molecule has 0 bridgehead atoms. The second kappa shape index (κ2) is 9.55. The van der Waals surface area contributed by atoms with Crippen molar-refractivity contribution in [2.24, 2.45) is 5.92 Å². The zero-order valence-corrected chi connectivity index (χ0v) is 17.9. The summed E-state index contributed by atoms with van der Waals surface area (Å²) < 4.78 is 0.845. The van der Waals surface area contributed by atoms with Crippen LogP contribution >= 0.6 is 23.1 Å². The van der Waals surface area contributed by atoms with Gasteiger partial charge in [-0.3, -0.25) is 4.79 Å². The van der Waals surface area contributed by atoms with E-state index in [0.717, 1.165) is 41.8 Å². The summed E-state index contributed by atoms with van der Waals surface area (Å²) in [5, 5.41) is 12.3. The Morgan fingerprint density at radius 1 is 1.22 bits per heavy atom. The Kier molecular flexibility index (Phi) is 7.13. The third-order valence-electron chi connectivity index (χ3n) is 4.74. The van der Waals surface area contributed by atoms with Crippen LogP contribution in [0, 0.1) is 5.92 Å². The Morgan fingerprint density at radius 3 is 2.59 bits per heavy atom. The van der Waals surface area contributed by atoms with Crippen LogP contribution in [0.25, 0.3) is 0 Å². The van der Waals surface area contributed by atoms with E-state index < -0.39 is 0 Å². The molecule has 1 fully saturated rings. The molecule has 5 nitrogen and oxygen atoms in total. The minimum Gasteiger partial charge on any atom is -0.358 e. The number of likely N-dealkylation sites (tertiary alicyclic amines) is 1. The summed E-state index contributed by atoms with van der Waals surface area (Å²) in [6.07, 6.45) is 3.28. The van der Waals surface area contributed by atoms with E-state index in [1.807, 2.05) is 11.8 Å². The largest absolute Gasteiger partial charge is 0.358 e. The highest BCUT2D eigenvalue weighted by molar-refractivity contribution is 8.02. The van der Waals surface area contributed by atoms with Gasteiger partial charge in [-0.15, -0.1) is 10.2 Å². The molecule has 1 aliphatic rings. The summed E-state index contributed by atoms with van der Waals surface area (Å²) >= 11 is 3.02. The second-order valence-corrected chi connectivity index (χ2v) is 9.96. The van der Waals surface area contributed by atoms with Gasteiger partial charge in [0.25, 0.3) is 0 Å². The van der Waals surface area contributed by atoms with Gasteiger partial charge in [0.2, 0.25) is 11.0 Å². The summed E-state index contributed by atoms with van der Waals surface area (Å²) in [4.78, 5) is 14.8. The smallest absolute Gasteiger partial charge is 0.235 e. The molecule has 1 N–H and O–H groups in total. The Bertz CT molecular complexity index is 727. The highest BCUT2D eigenvalue weighted by Gasteiger charge is 2.27. The van der Waals surface area contributed by atoms with Crippen LogP contribution < -0.4 is 5.32 Å². The maximum Gasteiger partial charge on any atom is 0.235 e. The van der Waals surface area contributed by atoms with Gasteiger partial charge < -0.3 is 10.2 Å². The van der Waals surface area contributed by atoms with Crippen molar-refractivity contribution in [3.63, 3.8) is 0 Å². The molecule has 1 amide bonds. The third kappa shape index (κ3) is 5.94. The van der Waals surface area contributed by atoms with Gasteiger partial charge in [0.15, 0.2) is 4.34 Å². The molecule has 1 aromatic carbocycles. The molecule has 0 aliphatic carbocycles. The number of carbonyl (C=O) groups excluding carboxylic acids is 1. The first kappa shape index (κ1) is 20.1. The van der Waals surface area contributed by atoms with Crippen LogP contribution in [0.2, 0.25) is 0 Å². The number of nitrogens with zero attached hydrogens (tertiary/aromatic N) is 3.